The van der Waals surface area contributed by atoms with Gasteiger partial charge in [0.15, 0.2) is 0 Å². The van der Waals surface area contributed by atoms with Crippen LogP contribution in [0, 0.1) is 12.3 Å². The molecule has 0 aliphatic rings. The normalized spacial score (nSPS) is 13.4. The van der Waals surface area contributed by atoms with Crippen LogP contribution in [0.15, 0.2) is 37.9 Å². The molecular weight excluding hydrogens is 334 g/mol. The van der Waals surface area contributed by atoms with E-state index in [0.29, 0.717) is 17.4 Å². The molecular formula is C16H14BrNO3. The summed E-state index contributed by atoms with van der Waals surface area (Å²) in [5.41, 5.74) is -1.11. The summed E-state index contributed by atoms with van der Waals surface area (Å²) in [7, 11) is 0. The third kappa shape index (κ3) is 3.17. The van der Waals surface area contributed by atoms with Gasteiger partial charge in [-0.25, -0.2) is 4.79 Å². The molecule has 1 atom stereocenters. The maximum absolute atomic E-state index is 12.2. The molecule has 0 unspecified atom stereocenters. The predicted octanol–water partition coefficient (Wildman–Crippen LogP) is 3.09. The van der Waals surface area contributed by atoms with E-state index in [1.54, 1.807) is 25.1 Å². The highest BCUT2D eigenvalue weighted by Gasteiger charge is 2.24. The van der Waals surface area contributed by atoms with Gasteiger partial charge in [0.05, 0.1) is 5.54 Å². The maximum atomic E-state index is 12.2. The van der Waals surface area contributed by atoms with Crippen molar-refractivity contribution in [2.24, 2.45) is 0 Å². The molecule has 21 heavy (non-hydrogen) atoms. The SMILES string of the molecule is C#C[C@@](C)(CC)NC(=O)c1cc2cc(Br)ccc2oc1=O. The van der Waals surface area contributed by atoms with Crippen LogP contribution in [0.4, 0.5) is 0 Å². The number of carbonyl (C=O) groups excluding carboxylic acids is 1. The summed E-state index contributed by atoms with van der Waals surface area (Å²) < 4.78 is 5.99. The van der Waals surface area contributed by atoms with E-state index >= 15 is 0 Å². The fourth-order valence-electron chi connectivity index (χ4n) is 1.80. The van der Waals surface area contributed by atoms with Gasteiger partial charge < -0.3 is 9.73 Å². The molecule has 0 spiro atoms. The van der Waals surface area contributed by atoms with Crippen molar-refractivity contribution < 1.29 is 9.21 Å². The van der Waals surface area contributed by atoms with Gasteiger partial charge in [-0.3, -0.25) is 4.79 Å². The third-order valence-electron chi connectivity index (χ3n) is 3.35. The van der Waals surface area contributed by atoms with Crippen molar-refractivity contribution in [3.63, 3.8) is 0 Å². The van der Waals surface area contributed by atoms with Crippen LogP contribution in [-0.2, 0) is 0 Å². The van der Waals surface area contributed by atoms with Crippen LogP contribution in [0.2, 0.25) is 0 Å². The summed E-state index contributed by atoms with van der Waals surface area (Å²) in [4.78, 5) is 24.2. The summed E-state index contributed by atoms with van der Waals surface area (Å²) >= 11 is 3.34. The minimum absolute atomic E-state index is 0.0597. The number of halogens is 1. The molecule has 0 aliphatic carbocycles. The lowest BCUT2D eigenvalue weighted by molar-refractivity contribution is 0.0920. The number of fused-ring (bicyclic) bond motifs is 1. The first-order chi connectivity index (χ1) is 9.88. The number of hydrogen-bond acceptors (Lipinski definition) is 3. The summed E-state index contributed by atoms with van der Waals surface area (Å²) in [5, 5.41) is 3.34. The number of rotatable bonds is 3. The maximum Gasteiger partial charge on any atom is 0.349 e. The molecule has 4 nitrogen and oxygen atoms in total. The van der Waals surface area contributed by atoms with Crippen molar-refractivity contribution in [3.8, 4) is 12.3 Å². The molecule has 108 valence electrons. The Labute approximate surface area is 130 Å². The van der Waals surface area contributed by atoms with E-state index in [0.717, 1.165) is 4.47 Å². The molecule has 1 aromatic heterocycles. The topological polar surface area (TPSA) is 59.3 Å². The standard InChI is InChI=1S/C16H14BrNO3/c1-4-16(3,5-2)18-14(19)12-9-10-8-11(17)6-7-13(10)21-15(12)20/h1,6-9H,5H2,2-3H3,(H,18,19)/t16-/m0/s1. The monoisotopic (exact) mass is 347 g/mol. The van der Waals surface area contributed by atoms with Crippen LogP contribution in [0.1, 0.15) is 30.6 Å². The molecule has 1 heterocycles. The van der Waals surface area contributed by atoms with Crippen LogP contribution < -0.4 is 10.9 Å². The average molecular weight is 348 g/mol. The lowest BCUT2D eigenvalue weighted by Gasteiger charge is -2.23. The van der Waals surface area contributed by atoms with E-state index in [4.69, 9.17) is 10.8 Å². The lowest BCUT2D eigenvalue weighted by atomic mass is 9.99. The van der Waals surface area contributed by atoms with Gasteiger partial charge in [0.2, 0.25) is 0 Å². The zero-order valence-electron chi connectivity index (χ0n) is 11.7. The first-order valence-corrected chi connectivity index (χ1v) is 7.21. The largest absolute Gasteiger partial charge is 0.422 e. The fourth-order valence-corrected chi connectivity index (χ4v) is 2.18. The van der Waals surface area contributed by atoms with E-state index < -0.39 is 17.1 Å². The van der Waals surface area contributed by atoms with Gasteiger partial charge in [-0.2, -0.15) is 0 Å². The second-order valence-electron chi connectivity index (χ2n) is 4.91. The van der Waals surface area contributed by atoms with Gasteiger partial charge >= 0.3 is 5.63 Å². The number of nitrogens with one attached hydrogen (secondary N) is 1. The van der Waals surface area contributed by atoms with Crippen molar-refractivity contribution in [1.29, 1.82) is 0 Å². The van der Waals surface area contributed by atoms with Crippen molar-refractivity contribution in [2.45, 2.75) is 25.8 Å². The molecule has 1 aromatic carbocycles. The molecule has 1 amide bonds. The minimum Gasteiger partial charge on any atom is -0.422 e. The predicted molar refractivity (Wildman–Crippen MR) is 85.2 cm³/mol. The van der Waals surface area contributed by atoms with E-state index in [1.807, 2.05) is 6.92 Å². The lowest BCUT2D eigenvalue weighted by Crippen LogP contribution is -2.45. The van der Waals surface area contributed by atoms with Crippen LogP contribution in [0.25, 0.3) is 11.0 Å². The number of terminal acetylenes is 1. The summed E-state index contributed by atoms with van der Waals surface area (Å²) in [6.45, 7) is 3.59. The number of hydrogen-bond donors (Lipinski definition) is 1. The first-order valence-electron chi connectivity index (χ1n) is 6.42. The highest BCUT2D eigenvalue weighted by molar-refractivity contribution is 9.10. The number of amides is 1. The molecule has 2 rings (SSSR count). The quantitative estimate of drug-likeness (QED) is 0.685. The van der Waals surface area contributed by atoms with Crippen LogP contribution in [0.3, 0.4) is 0 Å². The van der Waals surface area contributed by atoms with Gasteiger partial charge in [0.1, 0.15) is 11.1 Å². The number of carbonyl (C=O) groups is 1. The third-order valence-corrected chi connectivity index (χ3v) is 3.85. The summed E-state index contributed by atoms with van der Waals surface area (Å²) in [6.07, 6.45) is 5.98. The summed E-state index contributed by atoms with van der Waals surface area (Å²) in [5.74, 6) is 1.99. The van der Waals surface area contributed by atoms with Gasteiger partial charge in [-0.15, -0.1) is 6.42 Å². The van der Waals surface area contributed by atoms with Crippen LogP contribution in [0.5, 0.6) is 0 Å². The van der Waals surface area contributed by atoms with Gasteiger partial charge in [0, 0.05) is 9.86 Å². The molecule has 1 N–H and O–H groups in total. The second kappa shape index (κ2) is 5.74. The van der Waals surface area contributed by atoms with Crippen molar-refractivity contribution >= 4 is 32.8 Å². The number of benzene rings is 1. The van der Waals surface area contributed by atoms with E-state index in [1.165, 1.54) is 6.07 Å². The average Bonchev–Trinajstić information content (AvgIpc) is 2.46. The highest BCUT2D eigenvalue weighted by atomic mass is 79.9. The first kappa shape index (κ1) is 15.3. The smallest absolute Gasteiger partial charge is 0.349 e. The van der Waals surface area contributed by atoms with Crippen LogP contribution >= 0.6 is 15.9 Å². The van der Waals surface area contributed by atoms with E-state index in [-0.39, 0.29) is 5.56 Å². The molecule has 0 fully saturated rings. The zero-order valence-corrected chi connectivity index (χ0v) is 13.3. The van der Waals surface area contributed by atoms with E-state index in [2.05, 4.69) is 27.2 Å². The molecule has 0 bridgehead atoms. The van der Waals surface area contributed by atoms with Gasteiger partial charge in [0.25, 0.3) is 5.91 Å². The second-order valence-corrected chi connectivity index (χ2v) is 5.83. The molecule has 0 saturated carbocycles. The highest BCUT2D eigenvalue weighted by Crippen LogP contribution is 2.19. The Hall–Kier alpha value is -2.06. The zero-order chi connectivity index (χ0) is 15.6. The Morgan fingerprint density at radius 1 is 1.48 bits per heavy atom. The Balaban J connectivity index is 2.47. The molecule has 0 aliphatic heterocycles. The Morgan fingerprint density at radius 2 is 2.19 bits per heavy atom. The molecule has 2 aromatic rings. The summed E-state index contributed by atoms with van der Waals surface area (Å²) in [6, 6.07) is 6.71. The fraction of sp³-hybridized carbons (Fsp3) is 0.250. The van der Waals surface area contributed by atoms with Gasteiger partial charge in [-0.05, 0) is 37.6 Å². The Bertz CT molecular complexity index is 803. The minimum atomic E-state index is -0.796. The molecule has 0 radical (unpaired) electrons. The van der Waals surface area contributed by atoms with Crippen molar-refractivity contribution in [3.05, 3.63) is 44.7 Å². The molecule has 0 saturated heterocycles. The Kier molecular flexibility index (Phi) is 4.19. The molecule has 5 heteroatoms. The van der Waals surface area contributed by atoms with Crippen LogP contribution in [-0.4, -0.2) is 11.4 Å². The van der Waals surface area contributed by atoms with Crippen molar-refractivity contribution in [1.82, 2.24) is 5.32 Å². The van der Waals surface area contributed by atoms with Gasteiger partial charge in [-0.1, -0.05) is 28.8 Å². The van der Waals surface area contributed by atoms with E-state index in [9.17, 15) is 9.59 Å². The Morgan fingerprint density at radius 3 is 2.81 bits per heavy atom. The van der Waals surface area contributed by atoms with Crippen molar-refractivity contribution in [2.75, 3.05) is 0 Å².